The van der Waals surface area contributed by atoms with Gasteiger partial charge in [0, 0.05) is 63.8 Å². The lowest BCUT2D eigenvalue weighted by atomic mass is 10.1. The number of pyridine rings is 2. The highest BCUT2D eigenvalue weighted by molar-refractivity contribution is 5.87. The smallest absolute Gasteiger partial charge is 0.256 e. The number of carbonyl (C=O) groups excluding carboxylic acids is 1. The molecule has 1 amide bonds. The minimum atomic E-state index is 0.106. The van der Waals surface area contributed by atoms with E-state index >= 15 is 0 Å². The lowest BCUT2D eigenvalue weighted by Crippen LogP contribution is -2.48. The van der Waals surface area contributed by atoms with Crippen LogP contribution in [0.1, 0.15) is 6.92 Å². The van der Waals surface area contributed by atoms with Gasteiger partial charge in [-0.15, -0.1) is 0 Å². The number of hydrogen-bond acceptors (Lipinski definition) is 8. The fourth-order valence-electron chi connectivity index (χ4n) is 4.43. The van der Waals surface area contributed by atoms with E-state index in [9.17, 15) is 9.90 Å². The summed E-state index contributed by atoms with van der Waals surface area (Å²) in [5.74, 6) is 1.16. The molecule has 1 fully saturated rings. The Kier molecular flexibility index (Phi) is 6.47. The topological polar surface area (TPSA) is 111 Å². The SMILES string of the molecule is COc1cc(-c2ccc3c(O)n(-c4cnn(CCN5CCN(C(C)=O)CC5)c4)cc3n2)cnc1OC. The molecule has 5 rings (SSSR count). The largest absolute Gasteiger partial charge is 0.494 e. The Morgan fingerprint density at radius 3 is 2.58 bits per heavy atom. The van der Waals surface area contributed by atoms with Crippen molar-refractivity contribution in [2.24, 2.45) is 0 Å². The van der Waals surface area contributed by atoms with Crippen LogP contribution in [0.5, 0.6) is 17.5 Å². The zero-order valence-corrected chi connectivity index (χ0v) is 20.6. The Labute approximate surface area is 208 Å². The van der Waals surface area contributed by atoms with Crippen LogP contribution in [0.15, 0.2) is 43.0 Å². The van der Waals surface area contributed by atoms with Crippen molar-refractivity contribution in [3.8, 4) is 34.5 Å². The minimum absolute atomic E-state index is 0.106. The number of amides is 1. The molecule has 1 N–H and O–H groups in total. The molecule has 0 spiro atoms. The van der Waals surface area contributed by atoms with Gasteiger partial charge in [-0.2, -0.15) is 5.10 Å². The average molecular weight is 492 g/mol. The van der Waals surface area contributed by atoms with E-state index in [2.05, 4.69) is 15.0 Å². The maximum atomic E-state index is 11.5. The summed E-state index contributed by atoms with van der Waals surface area (Å²) in [5, 5.41) is 16.0. The first-order chi connectivity index (χ1) is 17.5. The molecule has 0 saturated carbocycles. The monoisotopic (exact) mass is 491 g/mol. The number of methoxy groups -OCH3 is 2. The second kappa shape index (κ2) is 9.86. The van der Waals surface area contributed by atoms with Gasteiger partial charge in [-0.05, 0) is 18.2 Å². The molecule has 0 atom stereocenters. The number of hydrogen-bond donors (Lipinski definition) is 1. The highest BCUT2D eigenvalue weighted by atomic mass is 16.5. The third-order valence-corrected chi connectivity index (χ3v) is 6.53. The molecule has 0 unspecified atom stereocenters. The van der Waals surface area contributed by atoms with Crippen LogP contribution in [0.25, 0.3) is 27.8 Å². The predicted octanol–water partition coefficient (Wildman–Crippen LogP) is 2.17. The van der Waals surface area contributed by atoms with E-state index in [-0.39, 0.29) is 11.8 Å². The van der Waals surface area contributed by atoms with E-state index < -0.39 is 0 Å². The summed E-state index contributed by atoms with van der Waals surface area (Å²) < 4.78 is 14.1. The molecule has 0 aromatic carbocycles. The van der Waals surface area contributed by atoms with Crippen molar-refractivity contribution in [2.75, 3.05) is 46.9 Å². The van der Waals surface area contributed by atoms with Crippen LogP contribution in [0.3, 0.4) is 0 Å². The summed E-state index contributed by atoms with van der Waals surface area (Å²) in [6, 6.07) is 5.50. The van der Waals surface area contributed by atoms with Gasteiger partial charge in [-0.3, -0.25) is 18.9 Å². The second-order valence-electron chi connectivity index (χ2n) is 8.70. The van der Waals surface area contributed by atoms with Gasteiger partial charge in [0.15, 0.2) is 5.75 Å². The Morgan fingerprint density at radius 1 is 1.06 bits per heavy atom. The van der Waals surface area contributed by atoms with E-state index in [0.29, 0.717) is 28.2 Å². The number of nitrogens with zero attached hydrogens (tertiary/aromatic N) is 7. The minimum Gasteiger partial charge on any atom is -0.494 e. The van der Waals surface area contributed by atoms with E-state index in [4.69, 9.17) is 14.5 Å². The van der Waals surface area contributed by atoms with E-state index in [1.54, 1.807) is 44.3 Å². The van der Waals surface area contributed by atoms with Crippen LogP contribution in [-0.2, 0) is 11.3 Å². The number of piperazine rings is 1. The summed E-state index contributed by atoms with van der Waals surface area (Å²) in [4.78, 5) is 24.7. The molecule has 11 heteroatoms. The van der Waals surface area contributed by atoms with Gasteiger partial charge in [-0.1, -0.05) is 0 Å². The number of carbonyl (C=O) groups is 1. The van der Waals surface area contributed by atoms with Crippen molar-refractivity contribution < 1.29 is 19.4 Å². The van der Waals surface area contributed by atoms with E-state index in [1.807, 2.05) is 34.0 Å². The van der Waals surface area contributed by atoms with Crippen molar-refractivity contribution in [3.05, 3.63) is 43.0 Å². The van der Waals surface area contributed by atoms with Gasteiger partial charge >= 0.3 is 0 Å². The van der Waals surface area contributed by atoms with Crippen LogP contribution in [0, 0.1) is 0 Å². The zero-order chi connectivity index (χ0) is 25.2. The maximum absolute atomic E-state index is 11.5. The van der Waals surface area contributed by atoms with Crippen molar-refractivity contribution in [2.45, 2.75) is 13.5 Å². The molecule has 4 aromatic rings. The van der Waals surface area contributed by atoms with Crippen LogP contribution in [0.2, 0.25) is 0 Å². The predicted molar refractivity (Wildman–Crippen MR) is 134 cm³/mol. The lowest BCUT2D eigenvalue weighted by molar-refractivity contribution is -0.130. The third kappa shape index (κ3) is 4.57. The first-order valence-corrected chi connectivity index (χ1v) is 11.8. The molecular weight excluding hydrogens is 462 g/mol. The quantitative estimate of drug-likeness (QED) is 0.419. The van der Waals surface area contributed by atoms with Crippen LogP contribution < -0.4 is 9.47 Å². The van der Waals surface area contributed by atoms with Crippen molar-refractivity contribution in [1.82, 2.24) is 34.1 Å². The molecule has 0 radical (unpaired) electrons. The molecule has 0 bridgehead atoms. The molecule has 5 heterocycles. The molecule has 1 aliphatic rings. The van der Waals surface area contributed by atoms with Crippen molar-refractivity contribution in [3.63, 3.8) is 0 Å². The average Bonchev–Trinajstić information content (AvgIpc) is 3.51. The number of aromatic hydroxyl groups is 1. The van der Waals surface area contributed by atoms with Gasteiger partial charge in [0.2, 0.25) is 11.8 Å². The molecule has 36 heavy (non-hydrogen) atoms. The number of fused-ring (bicyclic) bond motifs is 1. The molecular formula is C25H29N7O4. The molecule has 11 nitrogen and oxygen atoms in total. The highest BCUT2D eigenvalue weighted by Crippen LogP contribution is 2.33. The van der Waals surface area contributed by atoms with Gasteiger partial charge in [0.05, 0.1) is 49.2 Å². The summed E-state index contributed by atoms with van der Waals surface area (Å²) in [7, 11) is 3.10. The summed E-state index contributed by atoms with van der Waals surface area (Å²) >= 11 is 0. The number of aromatic nitrogens is 5. The van der Waals surface area contributed by atoms with Gasteiger partial charge in [-0.25, -0.2) is 9.97 Å². The third-order valence-electron chi connectivity index (χ3n) is 6.53. The number of ether oxygens (including phenoxy) is 2. The lowest BCUT2D eigenvalue weighted by Gasteiger charge is -2.34. The molecule has 1 aliphatic heterocycles. The molecule has 0 aliphatic carbocycles. The summed E-state index contributed by atoms with van der Waals surface area (Å²) in [6.07, 6.45) is 7.11. The van der Waals surface area contributed by atoms with Crippen LogP contribution in [-0.4, -0.2) is 92.1 Å². The molecule has 1 saturated heterocycles. The first-order valence-electron chi connectivity index (χ1n) is 11.8. The zero-order valence-electron chi connectivity index (χ0n) is 20.6. The van der Waals surface area contributed by atoms with E-state index in [0.717, 1.165) is 50.5 Å². The Morgan fingerprint density at radius 2 is 1.86 bits per heavy atom. The summed E-state index contributed by atoms with van der Waals surface area (Å²) in [5.41, 5.74) is 2.88. The van der Waals surface area contributed by atoms with Gasteiger partial charge in [0.25, 0.3) is 5.88 Å². The Bertz CT molecular complexity index is 1390. The van der Waals surface area contributed by atoms with Crippen molar-refractivity contribution >= 4 is 16.8 Å². The van der Waals surface area contributed by atoms with Gasteiger partial charge in [0.1, 0.15) is 0 Å². The second-order valence-corrected chi connectivity index (χ2v) is 8.70. The first kappa shape index (κ1) is 23.6. The fraction of sp³-hybridized carbons (Fsp3) is 0.360. The fourth-order valence-corrected chi connectivity index (χ4v) is 4.43. The Balaban J connectivity index is 1.32. The van der Waals surface area contributed by atoms with Gasteiger partial charge < -0.3 is 19.5 Å². The summed E-state index contributed by atoms with van der Waals surface area (Å²) in [6.45, 7) is 6.43. The van der Waals surface area contributed by atoms with E-state index in [1.165, 1.54) is 0 Å². The van der Waals surface area contributed by atoms with Crippen LogP contribution >= 0.6 is 0 Å². The maximum Gasteiger partial charge on any atom is 0.256 e. The standard InChI is InChI=1S/C25H29N7O4/c1-17(33)30-9-6-29(7-10-30)8-11-31-15-19(14-27-31)32-16-22-20(25(32)34)4-5-21(28-22)18-12-23(35-2)24(36-3)26-13-18/h4-5,12-16,34H,6-11H2,1-3H3. The van der Waals surface area contributed by atoms with Crippen LogP contribution in [0.4, 0.5) is 0 Å². The molecule has 4 aromatic heterocycles. The highest BCUT2D eigenvalue weighted by Gasteiger charge is 2.19. The van der Waals surface area contributed by atoms with Crippen molar-refractivity contribution in [1.29, 1.82) is 0 Å². The normalized spacial score (nSPS) is 14.4. The number of rotatable bonds is 7. The molecule has 188 valence electrons. The Hall–Kier alpha value is -4.12.